The molecule has 0 aromatic heterocycles. The third-order valence-electron chi connectivity index (χ3n) is 2.78. The predicted molar refractivity (Wildman–Crippen MR) is 51.9 cm³/mol. The van der Waals surface area contributed by atoms with Gasteiger partial charge in [0.1, 0.15) is 6.42 Å². The molecule has 1 aliphatic heterocycles. The second-order valence-electron chi connectivity index (χ2n) is 4.00. The van der Waals surface area contributed by atoms with Crippen LogP contribution in [-0.2, 0) is 9.59 Å². The molecule has 4 nitrogen and oxygen atoms in total. The van der Waals surface area contributed by atoms with E-state index < -0.39 is 5.97 Å². The summed E-state index contributed by atoms with van der Waals surface area (Å²) in [6.07, 6.45) is 2.71. The molecular formula is C10H17NO3. The number of hydrogen-bond donors (Lipinski definition) is 1. The summed E-state index contributed by atoms with van der Waals surface area (Å²) < 4.78 is 0. The number of likely N-dealkylation sites (tertiary alicyclic amines) is 1. The Morgan fingerprint density at radius 3 is 2.21 bits per heavy atom. The highest BCUT2D eigenvalue weighted by Gasteiger charge is 2.29. The molecule has 1 amide bonds. The zero-order chi connectivity index (χ0) is 10.7. The maximum absolute atomic E-state index is 11.6. The predicted octanol–water partition coefficient (Wildman–Crippen LogP) is 1.25. The van der Waals surface area contributed by atoms with E-state index in [0.717, 1.165) is 19.3 Å². The first-order valence-electron chi connectivity index (χ1n) is 5.05. The van der Waals surface area contributed by atoms with E-state index in [1.165, 1.54) is 0 Å². The lowest BCUT2D eigenvalue weighted by molar-refractivity contribution is -0.147. The summed E-state index contributed by atoms with van der Waals surface area (Å²) >= 11 is 0. The van der Waals surface area contributed by atoms with Crippen molar-refractivity contribution in [3.63, 3.8) is 0 Å². The van der Waals surface area contributed by atoms with Gasteiger partial charge >= 0.3 is 5.97 Å². The van der Waals surface area contributed by atoms with Gasteiger partial charge in [0.15, 0.2) is 0 Å². The van der Waals surface area contributed by atoms with Gasteiger partial charge in [-0.1, -0.05) is 0 Å². The highest BCUT2D eigenvalue weighted by Crippen LogP contribution is 2.22. The lowest BCUT2D eigenvalue weighted by Crippen LogP contribution is -2.48. The number of aliphatic carboxylic acids is 1. The quantitative estimate of drug-likeness (QED) is 0.681. The van der Waals surface area contributed by atoms with Gasteiger partial charge in [-0.2, -0.15) is 0 Å². The van der Waals surface area contributed by atoms with Crippen LogP contribution in [-0.4, -0.2) is 34.0 Å². The summed E-state index contributed by atoms with van der Waals surface area (Å²) in [5, 5.41) is 8.54. The highest BCUT2D eigenvalue weighted by molar-refractivity contribution is 5.93. The third-order valence-corrected chi connectivity index (χ3v) is 2.78. The van der Waals surface area contributed by atoms with Crippen LogP contribution in [0.15, 0.2) is 0 Å². The topological polar surface area (TPSA) is 57.6 Å². The van der Waals surface area contributed by atoms with Crippen molar-refractivity contribution >= 4 is 11.9 Å². The van der Waals surface area contributed by atoms with Crippen molar-refractivity contribution in [1.82, 2.24) is 4.90 Å². The molecule has 0 radical (unpaired) electrons. The largest absolute Gasteiger partial charge is 0.481 e. The van der Waals surface area contributed by atoms with Crippen molar-refractivity contribution in [2.24, 2.45) is 0 Å². The van der Waals surface area contributed by atoms with Crippen LogP contribution in [0.4, 0.5) is 0 Å². The number of carbonyl (C=O) groups excluding carboxylic acids is 1. The fraction of sp³-hybridized carbons (Fsp3) is 0.800. The molecule has 1 fully saturated rings. The van der Waals surface area contributed by atoms with Gasteiger partial charge in [-0.05, 0) is 33.1 Å². The Hall–Kier alpha value is -1.06. The number of carboxylic acid groups (broad SMARTS) is 1. The van der Waals surface area contributed by atoms with Crippen LogP contribution in [0.25, 0.3) is 0 Å². The second-order valence-corrected chi connectivity index (χ2v) is 4.00. The number of rotatable bonds is 2. The maximum Gasteiger partial charge on any atom is 0.312 e. The SMILES string of the molecule is CC1CCCC(C)N1C(=O)CC(=O)O. The Morgan fingerprint density at radius 1 is 1.29 bits per heavy atom. The molecule has 14 heavy (non-hydrogen) atoms. The van der Waals surface area contributed by atoms with Crippen LogP contribution in [0.1, 0.15) is 39.5 Å². The maximum atomic E-state index is 11.6. The average Bonchev–Trinajstić information content (AvgIpc) is 2.01. The summed E-state index contributed by atoms with van der Waals surface area (Å²) in [5.74, 6) is -1.29. The zero-order valence-corrected chi connectivity index (χ0v) is 8.69. The molecule has 1 heterocycles. The van der Waals surface area contributed by atoms with Crippen LogP contribution in [0.5, 0.6) is 0 Å². The molecule has 2 atom stereocenters. The van der Waals surface area contributed by atoms with Crippen molar-refractivity contribution in [3.05, 3.63) is 0 Å². The summed E-state index contributed by atoms with van der Waals surface area (Å²) in [6, 6.07) is 0.371. The monoisotopic (exact) mass is 199 g/mol. The third kappa shape index (κ3) is 2.47. The molecule has 0 aromatic carbocycles. The van der Waals surface area contributed by atoms with Crippen LogP contribution in [0, 0.1) is 0 Å². The lowest BCUT2D eigenvalue weighted by atomic mass is 9.97. The van der Waals surface area contributed by atoms with Crippen LogP contribution >= 0.6 is 0 Å². The molecule has 0 aliphatic carbocycles. The number of amides is 1. The Labute approximate surface area is 83.9 Å². The Kier molecular flexibility index (Phi) is 3.49. The molecule has 4 heteroatoms. The molecule has 0 spiro atoms. The molecule has 1 aliphatic rings. The van der Waals surface area contributed by atoms with Crippen molar-refractivity contribution in [3.8, 4) is 0 Å². The molecule has 0 aromatic rings. The van der Waals surface area contributed by atoms with Gasteiger partial charge in [0, 0.05) is 12.1 Å². The summed E-state index contributed by atoms with van der Waals surface area (Å²) in [5.41, 5.74) is 0. The van der Waals surface area contributed by atoms with Crippen molar-refractivity contribution in [2.45, 2.75) is 51.6 Å². The molecule has 0 saturated carbocycles. The molecular weight excluding hydrogens is 182 g/mol. The Balaban J connectivity index is 2.62. The van der Waals surface area contributed by atoms with Gasteiger partial charge in [-0.15, -0.1) is 0 Å². The number of piperidine rings is 1. The van der Waals surface area contributed by atoms with Gasteiger partial charge in [-0.25, -0.2) is 0 Å². The van der Waals surface area contributed by atoms with E-state index in [1.807, 2.05) is 13.8 Å². The van der Waals surface area contributed by atoms with Gasteiger partial charge in [0.2, 0.25) is 5.91 Å². The van der Waals surface area contributed by atoms with Gasteiger partial charge in [-0.3, -0.25) is 9.59 Å². The Bertz CT molecular complexity index is 230. The first-order chi connectivity index (χ1) is 6.52. The van der Waals surface area contributed by atoms with Gasteiger partial charge in [0.05, 0.1) is 0 Å². The lowest BCUT2D eigenvalue weighted by Gasteiger charge is -2.38. The number of carboxylic acids is 1. The van der Waals surface area contributed by atoms with Crippen LogP contribution in [0.2, 0.25) is 0 Å². The van der Waals surface area contributed by atoms with E-state index in [-0.39, 0.29) is 24.4 Å². The standard InChI is InChI=1S/C10H17NO3/c1-7-4-3-5-8(2)11(7)9(12)6-10(13)14/h7-8H,3-6H2,1-2H3,(H,13,14). The number of nitrogens with zero attached hydrogens (tertiary/aromatic N) is 1. The first-order valence-corrected chi connectivity index (χ1v) is 5.05. The molecule has 80 valence electrons. The minimum absolute atomic E-state index is 0.186. The molecule has 1 rings (SSSR count). The van der Waals surface area contributed by atoms with Gasteiger partial charge < -0.3 is 10.0 Å². The summed E-state index contributed by atoms with van der Waals surface area (Å²) in [7, 11) is 0. The normalized spacial score (nSPS) is 27.4. The molecule has 2 unspecified atom stereocenters. The average molecular weight is 199 g/mol. The van der Waals surface area contributed by atoms with Gasteiger partial charge in [0.25, 0.3) is 0 Å². The fourth-order valence-electron chi connectivity index (χ4n) is 2.13. The number of hydrogen-bond acceptors (Lipinski definition) is 2. The van der Waals surface area contributed by atoms with Crippen molar-refractivity contribution in [2.75, 3.05) is 0 Å². The van der Waals surface area contributed by atoms with Crippen molar-refractivity contribution < 1.29 is 14.7 Å². The summed E-state index contributed by atoms with van der Waals surface area (Å²) in [4.78, 5) is 23.7. The van der Waals surface area contributed by atoms with Crippen LogP contribution < -0.4 is 0 Å². The van der Waals surface area contributed by atoms with E-state index in [1.54, 1.807) is 4.90 Å². The molecule has 0 bridgehead atoms. The van der Waals surface area contributed by atoms with E-state index in [9.17, 15) is 9.59 Å². The fourth-order valence-corrected chi connectivity index (χ4v) is 2.13. The van der Waals surface area contributed by atoms with E-state index in [2.05, 4.69) is 0 Å². The van der Waals surface area contributed by atoms with E-state index in [4.69, 9.17) is 5.11 Å². The minimum atomic E-state index is -1.04. The highest BCUT2D eigenvalue weighted by atomic mass is 16.4. The molecule has 1 N–H and O–H groups in total. The smallest absolute Gasteiger partial charge is 0.312 e. The first kappa shape index (κ1) is 11.0. The zero-order valence-electron chi connectivity index (χ0n) is 8.69. The minimum Gasteiger partial charge on any atom is -0.481 e. The van der Waals surface area contributed by atoms with Crippen molar-refractivity contribution in [1.29, 1.82) is 0 Å². The Morgan fingerprint density at radius 2 is 1.79 bits per heavy atom. The van der Waals surface area contributed by atoms with Crippen LogP contribution in [0.3, 0.4) is 0 Å². The molecule has 1 saturated heterocycles. The number of carbonyl (C=O) groups is 2. The van der Waals surface area contributed by atoms with E-state index in [0.29, 0.717) is 0 Å². The second kappa shape index (κ2) is 4.44. The summed E-state index contributed by atoms with van der Waals surface area (Å²) in [6.45, 7) is 3.96. The van der Waals surface area contributed by atoms with E-state index >= 15 is 0 Å².